The standard InChI is InChI=1S/C24H30N2O3/c1-17-11-13-26(14-12-17)21-7-5-20(6-8-21)18(2)25-24(27)10-4-19-3-9-22-23(15-19)29-16-28-22/h3,5-9,15,17-18H,4,10-14,16H2,1-2H3,(H,25,27)/t18-/m0/s1. The number of ether oxygens (including phenoxy) is 2. The van der Waals surface area contributed by atoms with E-state index in [-0.39, 0.29) is 18.7 Å². The smallest absolute Gasteiger partial charge is 0.231 e. The third kappa shape index (κ3) is 4.84. The molecule has 1 amide bonds. The highest BCUT2D eigenvalue weighted by Gasteiger charge is 2.17. The Kier molecular flexibility index (Phi) is 5.93. The Morgan fingerprint density at radius 2 is 1.83 bits per heavy atom. The molecule has 0 bridgehead atoms. The minimum atomic E-state index is -0.00492. The second-order valence-corrected chi connectivity index (χ2v) is 8.24. The summed E-state index contributed by atoms with van der Waals surface area (Å²) in [5, 5.41) is 3.12. The molecule has 0 spiro atoms. The van der Waals surface area contributed by atoms with E-state index < -0.39 is 0 Å². The number of hydrogen-bond donors (Lipinski definition) is 1. The van der Waals surface area contributed by atoms with Crippen LogP contribution in [0.3, 0.4) is 0 Å². The van der Waals surface area contributed by atoms with Gasteiger partial charge in [-0.25, -0.2) is 0 Å². The molecule has 29 heavy (non-hydrogen) atoms. The normalized spacial score (nSPS) is 17.2. The van der Waals surface area contributed by atoms with E-state index in [4.69, 9.17) is 9.47 Å². The monoisotopic (exact) mass is 394 g/mol. The summed E-state index contributed by atoms with van der Waals surface area (Å²) in [6.45, 7) is 6.90. The first-order valence-electron chi connectivity index (χ1n) is 10.6. The summed E-state index contributed by atoms with van der Waals surface area (Å²) in [7, 11) is 0. The van der Waals surface area contributed by atoms with E-state index in [0.29, 0.717) is 12.8 Å². The number of nitrogens with one attached hydrogen (secondary N) is 1. The average Bonchev–Trinajstić information content (AvgIpc) is 3.21. The van der Waals surface area contributed by atoms with Crippen LogP contribution < -0.4 is 19.7 Å². The van der Waals surface area contributed by atoms with Crippen LogP contribution in [0, 0.1) is 5.92 Å². The number of rotatable bonds is 6. The van der Waals surface area contributed by atoms with Crippen molar-refractivity contribution < 1.29 is 14.3 Å². The Bertz CT molecular complexity index is 842. The maximum atomic E-state index is 12.4. The lowest BCUT2D eigenvalue weighted by atomic mass is 9.98. The van der Waals surface area contributed by atoms with Gasteiger partial charge in [-0.3, -0.25) is 4.79 Å². The maximum absolute atomic E-state index is 12.4. The number of hydrogen-bond acceptors (Lipinski definition) is 4. The Morgan fingerprint density at radius 3 is 2.59 bits per heavy atom. The predicted molar refractivity (Wildman–Crippen MR) is 114 cm³/mol. The van der Waals surface area contributed by atoms with E-state index in [9.17, 15) is 4.79 Å². The van der Waals surface area contributed by atoms with Crippen LogP contribution in [-0.2, 0) is 11.2 Å². The number of aryl methyl sites for hydroxylation is 1. The number of carbonyl (C=O) groups is 1. The molecule has 2 aliphatic heterocycles. The van der Waals surface area contributed by atoms with Crippen molar-refractivity contribution in [3.05, 3.63) is 53.6 Å². The fourth-order valence-corrected chi connectivity index (χ4v) is 3.99. The average molecular weight is 395 g/mol. The lowest BCUT2D eigenvalue weighted by Crippen LogP contribution is -2.32. The Morgan fingerprint density at radius 1 is 1.10 bits per heavy atom. The number of benzene rings is 2. The second-order valence-electron chi connectivity index (χ2n) is 8.24. The van der Waals surface area contributed by atoms with Crippen molar-refractivity contribution in [3.63, 3.8) is 0 Å². The first-order chi connectivity index (χ1) is 14.1. The van der Waals surface area contributed by atoms with Gasteiger partial charge in [-0.1, -0.05) is 25.1 Å². The zero-order chi connectivity index (χ0) is 20.2. The third-order valence-electron chi connectivity index (χ3n) is 6.00. The minimum absolute atomic E-state index is 0.00492. The Balaban J connectivity index is 1.27. The number of amides is 1. The van der Waals surface area contributed by atoms with E-state index in [1.165, 1.54) is 18.5 Å². The van der Waals surface area contributed by atoms with Crippen LogP contribution in [0.25, 0.3) is 0 Å². The molecule has 0 aliphatic carbocycles. The molecular weight excluding hydrogens is 364 g/mol. The van der Waals surface area contributed by atoms with Crippen LogP contribution in [0.5, 0.6) is 11.5 Å². The highest BCUT2D eigenvalue weighted by molar-refractivity contribution is 5.76. The van der Waals surface area contributed by atoms with Gasteiger partial charge in [0, 0.05) is 25.2 Å². The number of piperidine rings is 1. The highest BCUT2D eigenvalue weighted by atomic mass is 16.7. The van der Waals surface area contributed by atoms with Gasteiger partial charge < -0.3 is 19.7 Å². The SMILES string of the molecule is CC1CCN(c2ccc([C@H](C)NC(=O)CCc3ccc4c(c3)OCO4)cc2)CC1. The van der Waals surface area contributed by atoms with Crippen LogP contribution in [0.4, 0.5) is 5.69 Å². The number of carbonyl (C=O) groups excluding carboxylic acids is 1. The molecule has 154 valence electrons. The quantitative estimate of drug-likeness (QED) is 0.786. The molecule has 0 unspecified atom stereocenters. The molecule has 2 aromatic carbocycles. The van der Waals surface area contributed by atoms with Crippen molar-refractivity contribution in [2.45, 2.75) is 45.6 Å². The molecule has 0 radical (unpaired) electrons. The van der Waals surface area contributed by atoms with Gasteiger partial charge in [0.2, 0.25) is 12.7 Å². The second kappa shape index (κ2) is 8.76. The molecule has 1 saturated heterocycles. The Labute approximate surface area is 173 Å². The number of nitrogens with zero attached hydrogens (tertiary/aromatic N) is 1. The molecule has 4 rings (SSSR count). The summed E-state index contributed by atoms with van der Waals surface area (Å²) in [6.07, 6.45) is 3.66. The van der Waals surface area contributed by atoms with E-state index >= 15 is 0 Å². The summed E-state index contributed by atoms with van der Waals surface area (Å²) in [4.78, 5) is 14.9. The number of fused-ring (bicyclic) bond motifs is 1. The van der Waals surface area contributed by atoms with Crippen molar-refractivity contribution >= 4 is 11.6 Å². The molecule has 5 nitrogen and oxygen atoms in total. The molecule has 1 fully saturated rings. The van der Waals surface area contributed by atoms with Gasteiger partial charge in [-0.15, -0.1) is 0 Å². The van der Waals surface area contributed by atoms with Crippen LogP contribution in [0.1, 0.15) is 50.3 Å². The van der Waals surface area contributed by atoms with E-state index in [2.05, 4.69) is 41.4 Å². The lowest BCUT2D eigenvalue weighted by Gasteiger charge is -2.32. The van der Waals surface area contributed by atoms with Crippen LogP contribution >= 0.6 is 0 Å². The summed E-state index contributed by atoms with van der Waals surface area (Å²) < 4.78 is 10.7. The van der Waals surface area contributed by atoms with Gasteiger partial charge in [0.1, 0.15) is 0 Å². The van der Waals surface area contributed by atoms with Crippen molar-refractivity contribution in [3.8, 4) is 11.5 Å². The maximum Gasteiger partial charge on any atom is 0.231 e. The first-order valence-corrected chi connectivity index (χ1v) is 10.6. The zero-order valence-corrected chi connectivity index (χ0v) is 17.3. The van der Waals surface area contributed by atoms with Gasteiger partial charge in [0.05, 0.1) is 6.04 Å². The van der Waals surface area contributed by atoms with Crippen LogP contribution in [-0.4, -0.2) is 25.8 Å². The van der Waals surface area contributed by atoms with Gasteiger partial charge in [-0.2, -0.15) is 0 Å². The summed E-state index contributed by atoms with van der Waals surface area (Å²) >= 11 is 0. The predicted octanol–water partition coefficient (Wildman–Crippen LogP) is 4.46. The van der Waals surface area contributed by atoms with Gasteiger partial charge in [0.25, 0.3) is 0 Å². The molecule has 5 heteroatoms. The third-order valence-corrected chi connectivity index (χ3v) is 6.00. The van der Waals surface area contributed by atoms with Gasteiger partial charge >= 0.3 is 0 Å². The molecule has 2 aromatic rings. The molecule has 0 aromatic heterocycles. The van der Waals surface area contributed by atoms with Crippen molar-refractivity contribution in [1.29, 1.82) is 0 Å². The van der Waals surface area contributed by atoms with Crippen LogP contribution in [0.2, 0.25) is 0 Å². The van der Waals surface area contributed by atoms with E-state index in [0.717, 1.165) is 41.6 Å². The molecule has 2 aliphatic rings. The largest absolute Gasteiger partial charge is 0.454 e. The zero-order valence-electron chi connectivity index (χ0n) is 17.3. The minimum Gasteiger partial charge on any atom is -0.454 e. The Hall–Kier alpha value is -2.69. The summed E-state index contributed by atoms with van der Waals surface area (Å²) in [6, 6.07) is 14.5. The molecule has 2 heterocycles. The van der Waals surface area contributed by atoms with Crippen molar-refractivity contribution in [2.75, 3.05) is 24.8 Å². The van der Waals surface area contributed by atoms with E-state index in [1.807, 2.05) is 25.1 Å². The summed E-state index contributed by atoms with van der Waals surface area (Å²) in [5.41, 5.74) is 3.50. The van der Waals surface area contributed by atoms with Crippen molar-refractivity contribution in [1.82, 2.24) is 5.32 Å². The fourth-order valence-electron chi connectivity index (χ4n) is 3.99. The lowest BCUT2D eigenvalue weighted by molar-refractivity contribution is -0.121. The van der Waals surface area contributed by atoms with E-state index in [1.54, 1.807) is 0 Å². The van der Waals surface area contributed by atoms with Crippen LogP contribution in [0.15, 0.2) is 42.5 Å². The summed E-state index contributed by atoms with van der Waals surface area (Å²) in [5.74, 6) is 2.43. The van der Waals surface area contributed by atoms with Crippen molar-refractivity contribution in [2.24, 2.45) is 5.92 Å². The molecular formula is C24H30N2O3. The molecule has 1 atom stereocenters. The molecule has 1 N–H and O–H groups in total. The van der Waals surface area contributed by atoms with Gasteiger partial charge in [-0.05, 0) is 67.5 Å². The first kappa shape index (κ1) is 19.6. The highest BCUT2D eigenvalue weighted by Crippen LogP contribution is 2.32. The topological polar surface area (TPSA) is 50.8 Å². The fraction of sp³-hybridized carbons (Fsp3) is 0.458. The molecule has 0 saturated carbocycles. The number of anilines is 1. The van der Waals surface area contributed by atoms with Gasteiger partial charge in [0.15, 0.2) is 11.5 Å².